The van der Waals surface area contributed by atoms with E-state index in [1.165, 1.54) is 12.8 Å². The summed E-state index contributed by atoms with van der Waals surface area (Å²) in [5.74, 6) is -0.0361. The van der Waals surface area contributed by atoms with E-state index < -0.39 is 11.5 Å². The van der Waals surface area contributed by atoms with Crippen molar-refractivity contribution in [3.8, 4) is 5.75 Å². The molecule has 2 fully saturated rings. The molecule has 2 aliphatic carbocycles. The van der Waals surface area contributed by atoms with Gasteiger partial charge >= 0.3 is 5.97 Å². The van der Waals surface area contributed by atoms with Crippen LogP contribution in [0.1, 0.15) is 63.4 Å². The Labute approximate surface area is 148 Å². The first-order chi connectivity index (χ1) is 12.0. The lowest BCUT2D eigenvalue weighted by Crippen LogP contribution is -2.54. The number of aliphatic carboxylic acids is 1. The summed E-state index contributed by atoms with van der Waals surface area (Å²) >= 11 is 0. The van der Waals surface area contributed by atoms with Crippen LogP contribution in [0.4, 0.5) is 0 Å². The van der Waals surface area contributed by atoms with Gasteiger partial charge in [-0.1, -0.05) is 12.1 Å². The lowest BCUT2D eigenvalue weighted by Gasteiger charge is -2.41. The van der Waals surface area contributed by atoms with Crippen molar-refractivity contribution >= 4 is 11.9 Å². The molecule has 0 spiro atoms. The minimum Gasteiger partial charge on any atom is -0.490 e. The highest BCUT2D eigenvalue weighted by Gasteiger charge is 2.40. The molecule has 0 radical (unpaired) electrons. The quantitative estimate of drug-likeness (QED) is 0.756. The van der Waals surface area contributed by atoms with E-state index in [9.17, 15) is 9.59 Å². The van der Waals surface area contributed by atoms with Crippen molar-refractivity contribution in [1.29, 1.82) is 0 Å². The van der Waals surface area contributed by atoms with Crippen LogP contribution in [0.25, 0.3) is 0 Å². The molecular formula is C20H27NO4. The zero-order chi connectivity index (χ0) is 17.7. The number of hydrogen-bond donors (Lipinski definition) is 2. The van der Waals surface area contributed by atoms with Crippen LogP contribution in [0.2, 0.25) is 0 Å². The van der Waals surface area contributed by atoms with Gasteiger partial charge in [0.15, 0.2) is 0 Å². The number of hydrogen-bond acceptors (Lipinski definition) is 3. The third-order valence-electron chi connectivity index (χ3n) is 5.35. The Morgan fingerprint density at radius 3 is 2.60 bits per heavy atom. The van der Waals surface area contributed by atoms with Gasteiger partial charge in [-0.2, -0.15) is 0 Å². The summed E-state index contributed by atoms with van der Waals surface area (Å²) in [6.45, 7) is 0. The van der Waals surface area contributed by atoms with Gasteiger partial charge in [-0.3, -0.25) is 9.59 Å². The zero-order valence-electron chi connectivity index (χ0n) is 14.6. The fourth-order valence-corrected chi connectivity index (χ4v) is 3.83. The van der Waals surface area contributed by atoms with E-state index in [0.29, 0.717) is 18.9 Å². The number of amides is 1. The Kier molecular flexibility index (Phi) is 5.61. The number of aryl methyl sites for hydroxylation is 1. The number of benzene rings is 1. The van der Waals surface area contributed by atoms with Crippen LogP contribution >= 0.6 is 0 Å². The number of carbonyl (C=O) groups excluding carboxylic acids is 1. The highest BCUT2D eigenvalue weighted by Crippen LogP contribution is 2.35. The summed E-state index contributed by atoms with van der Waals surface area (Å²) in [4.78, 5) is 23.2. The first kappa shape index (κ1) is 17.8. The van der Waals surface area contributed by atoms with Crippen LogP contribution < -0.4 is 10.1 Å². The standard InChI is InChI=1S/C20H27NO4/c22-18(21-20(11-4-12-20)14-19(23)24)10-9-15-5-3-8-17(13-15)25-16-6-1-2-7-16/h3,5,8,13,16H,1-2,4,6-7,9-12,14H2,(H,21,22)(H,23,24). The van der Waals surface area contributed by atoms with Gasteiger partial charge in [-0.25, -0.2) is 0 Å². The van der Waals surface area contributed by atoms with Crippen molar-refractivity contribution in [2.75, 3.05) is 0 Å². The smallest absolute Gasteiger partial charge is 0.305 e. The van der Waals surface area contributed by atoms with Gasteiger partial charge in [0.1, 0.15) is 5.75 Å². The molecule has 1 aromatic carbocycles. The van der Waals surface area contributed by atoms with Gasteiger partial charge in [0.2, 0.25) is 5.91 Å². The lowest BCUT2D eigenvalue weighted by molar-refractivity contribution is -0.140. The molecule has 1 amide bonds. The number of ether oxygens (including phenoxy) is 1. The number of carboxylic acid groups (broad SMARTS) is 1. The minimum absolute atomic E-state index is 0.0173. The fraction of sp³-hybridized carbons (Fsp3) is 0.600. The Bertz CT molecular complexity index is 618. The molecule has 5 heteroatoms. The first-order valence-corrected chi connectivity index (χ1v) is 9.33. The van der Waals surface area contributed by atoms with Gasteiger partial charge < -0.3 is 15.2 Å². The molecule has 5 nitrogen and oxygen atoms in total. The molecule has 0 heterocycles. The second-order valence-corrected chi connectivity index (χ2v) is 7.42. The van der Waals surface area contributed by atoms with Gasteiger partial charge in [-0.05, 0) is 69.1 Å². The molecule has 2 aliphatic rings. The molecule has 0 saturated heterocycles. The minimum atomic E-state index is -0.850. The molecule has 25 heavy (non-hydrogen) atoms. The van der Waals surface area contributed by atoms with Crippen molar-refractivity contribution < 1.29 is 19.4 Å². The van der Waals surface area contributed by atoms with Crippen molar-refractivity contribution in [3.05, 3.63) is 29.8 Å². The molecule has 0 aliphatic heterocycles. The molecule has 136 valence electrons. The van der Waals surface area contributed by atoms with Crippen molar-refractivity contribution in [1.82, 2.24) is 5.32 Å². The van der Waals surface area contributed by atoms with Crippen LogP contribution in [0.5, 0.6) is 5.75 Å². The lowest BCUT2D eigenvalue weighted by atomic mass is 9.74. The largest absolute Gasteiger partial charge is 0.490 e. The van der Waals surface area contributed by atoms with Crippen LogP contribution in [0, 0.1) is 0 Å². The molecular weight excluding hydrogens is 318 g/mol. The fourth-order valence-electron chi connectivity index (χ4n) is 3.83. The second-order valence-electron chi connectivity index (χ2n) is 7.42. The Morgan fingerprint density at radius 1 is 1.20 bits per heavy atom. The van der Waals surface area contributed by atoms with Crippen molar-refractivity contribution in [3.63, 3.8) is 0 Å². The van der Waals surface area contributed by atoms with Crippen LogP contribution in [0.15, 0.2) is 24.3 Å². The van der Waals surface area contributed by atoms with E-state index in [1.807, 2.05) is 24.3 Å². The number of carboxylic acids is 1. The zero-order valence-corrected chi connectivity index (χ0v) is 14.6. The topological polar surface area (TPSA) is 75.6 Å². The maximum Gasteiger partial charge on any atom is 0.305 e. The number of nitrogens with one attached hydrogen (secondary N) is 1. The van der Waals surface area contributed by atoms with Crippen LogP contribution in [-0.2, 0) is 16.0 Å². The summed E-state index contributed by atoms with van der Waals surface area (Å²) in [5, 5.41) is 12.0. The second kappa shape index (κ2) is 7.89. The normalized spacial score (nSPS) is 19.2. The van der Waals surface area contributed by atoms with Crippen LogP contribution in [0.3, 0.4) is 0 Å². The van der Waals surface area contributed by atoms with Crippen LogP contribution in [-0.4, -0.2) is 28.6 Å². The van der Waals surface area contributed by atoms with Gasteiger partial charge in [-0.15, -0.1) is 0 Å². The Morgan fingerprint density at radius 2 is 1.96 bits per heavy atom. The predicted octanol–water partition coefficient (Wildman–Crippen LogP) is 3.45. The number of carbonyl (C=O) groups is 2. The van der Waals surface area contributed by atoms with Gasteiger partial charge in [0, 0.05) is 6.42 Å². The predicted molar refractivity (Wildman–Crippen MR) is 94.6 cm³/mol. The molecule has 0 atom stereocenters. The summed E-state index contributed by atoms with van der Waals surface area (Å²) in [6.07, 6.45) is 8.57. The van der Waals surface area contributed by atoms with E-state index in [2.05, 4.69) is 5.32 Å². The monoisotopic (exact) mass is 345 g/mol. The Balaban J connectivity index is 1.49. The summed E-state index contributed by atoms with van der Waals surface area (Å²) in [5.41, 5.74) is 0.558. The summed E-state index contributed by atoms with van der Waals surface area (Å²) < 4.78 is 6.01. The SMILES string of the molecule is O=C(O)CC1(NC(=O)CCc2cccc(OC3CCCC3)c2)CCC1. The highest BCUT2D eigenvalue weighted by molar-refractivity contribution is 5.78. The third-order valence-corrected chi connectivity index (χ3v) is 5.35. The maximum atomic E-state index is 12.2. The van der Waals surface area contributed by atoms with E-state index in [-0.39, 0.29) is 12.3 Å². The maximum absolute atomic E-state index is 12.2. The molecule has 2 saturated carbocycles. The summed E-state index contributed by atoms with van der Waals surface area (Å²) in [7, 11) is 0. The van der Waals surface area contributed by atoms with Gasteiger partial charge in [0.25, 0.3) is 0 Å². The Hall–Kier alpha value is -2.04. The molecule has 2 N–H and O–H groups in total. The first-order valence-electron chi connectivity index (χ1n) is 9.33. The number of rotatable bonds is 8. The molecule has 3 rings (SSSR count). The van der Waals surface area contributed by atoms with Crippen molar-refractivity contribution in [2.24, 2.45) is 0 Å². The average molecular weight is 345 g/mol. The van der Waals surface area contributed by atoms with Crippen molar-refractivity contribution in [2.45, 2.75) is 75.9 Å². The summed E-state index contributed by atoms with van der Waals surface area (Å²) in [6, 6.07) is 7.96. The molecule has 0 unspecified atom stereocenters. The highest BCUT2D eigenvalue weighted by atomic mass is 16.5. The van der Waals surface area contributed by atoms with E-state index in [0.717, 1.165) is 43.4 Å². The third kappa shape index (κ3) is 4.97. The molecule has 1 aromatic rings. The molecule has 0 bridgehead atoms. The van der Waals surface area contributed by atoms with E-state index >= 15 is 0 Å². The van der Waals surface area contributed by atoms with E-state index in [1.54, 1.807) is 0 Å². The van der Waals surface area contributed by atoms with E-state index in [4.69, 9.17) is 9.84 Å². The average Bonchev–Trinajstić information content (AvgIpc) is 3.04. The molecule has 0 aromatic heterocycles. The van der Waals surface area contributed by atoms with Gasteiger partial charge in [0.05, 0.1) is 18.1 Å².